The molecule has 1 aromatic carbocycles. The predicted octanol–water partition coefficient (Wildman–Crippen LogP) is 5.45. The van der Waals surface area contributed by atoms with Crippen molar-refractivity contribution >= 4 is 6.09 Å². The number of carbonyl (C=O) groups is 1. The molecule has 1 aliphatic rings. The zero-order chi connectivity index (χ0) is 21.4. The standard InChI is InChI=1S/C22H31F3N2O2/c1-4-14-26(2)16-18-7-5-17(6-8-18)13-15-27(3)21(28)29-20-11-9-19(10-12-20)22(23,24)25/h4,9-12,17-18H,1,5-8,13-16H2,2-3H3. The minimum atomic E-state index is -4.40. The summed E-state index contributed by atoms with van der Waals surface area (Å²) in [5.74, 6) is 1.43. The molecule has 0 spiro atoms. The van der Waals surface area contributed by atoms with Crippen LogP contribution >= 0.6 is 0 Å². The van der Waals surface area contributed by atoms with E-state index in [0.29, 0.717) is 12.5 Å². The van der Waals surface area contributed by atoms with Crippen LogP contribution in [0.2, 0.25) is 0 Å². The van der Waals surface area contributed by atoms with Gasteiger partial charge in [-0.3, -0.25) is 0 Å². The van der Waals surface area contributed by atoms with Crippen molar-refractivity contribution in [3.8, 4) is 5.75 Å². The van der Waals surface area contributed by atoms with Gasteiger partial charge in [0, 0.05) is 26.7 Å². The molecule has 1 saturated carbocycles. The summed E-state index contributed by atoms with van der Waals surface area (Å²) < 4.78 is 42.9. The van der Waals surface area contributed by atoms with E-state index >= 15 is 0 Å². The summed E-state index contributed by atoms with van der Waals surface area (Å²) in [6.07, 6.45) is 2.60. The first-order valence-corrected chi connectivity index (χ1v) is 10.1. The van der Waals surface area contributed by atoms with Crippen molar-refractivity contribution in [2.24, 2.45) is 11.8 Å². The monoisotopic (exact) mass is 412 g/mol. The van der Waals surface area contributed by atoms with Gasteiger partial charge in [-0.05, 0) is 62.4 Å². The second-order valence-corrected chi connectivity index (χ2v) is 8.00. The highest BCUT2D eigenvalue weighted by molar-refractivity contribution is 5.70. The fraction of sp³-hybridized carbons (Fsp3) is 0.591. The van der Waals surface area contributed by atoms with Crippen molar-refractivity contribution in [1.82, 2.24) is 9.80 Å². The lowest BCUT2D eigenvalue weighted by molar-refractivity contribution is -0.137. The SMILES string of the molecule is C=CCN(C)CC1CCC(CCN(C)C(=O)Oc2ccc(C(F)(F)F)cc2)CC1. The fourth-order valence-corrected chi connectivity index (χ4v) is 3.80. The van der Waals surface area contributed by atoms with Gasteiger partial charge in [0.2, 0.25) is 0 Å². The minimum absolute atomic E-state index is 0.110. The second kappa shape index (κ2) is 10.7. The van der Waals surface area contributed by atoms with E-state index in [9.17, 15) is 18.0 Å². The maximum atomic E-state index is 12.6. The maximum Gasteiger partial charge on any atom is 0.416 e. The minimum Gasteiger partial charge on any atom is -0.410 e. The van der Waals surface area contributed by atoms with Crippen LogP contribution in [-0.4, -0.2) is 49.6 Å². The molecule has 0 unspecified atom stereocenters. The van der Waals surface area contributed by atoms with E-state index < -0.39 is 17.8 Å². The largest absolute Gasteiger partial charge is 0.416 e. The van der Waals surface area contributed by atoms with Crippen molar-refractivity contribution in [3.63, 3.8) is 0 Å². The van der Waals surface area contributed by atoms with Gasteiger partial charge in [0.05, 0.1) is 5.56 Å². The number of ether oxygens (including phenoxy) is 1. The van der Waals surface area contributed by atoms with Crippen LogP contribution in [0.25, 0.3) is 0 Å². The Bertz CT molecular complexity index is 653. The molecule has 0 aromatic heterocycles. The van der Waals surface area contributed by atoms with Crippen LogP contribution in [0, 0.1) is 11.8 Å². The molecule has 2 rings (SSSR count). The molecule has 0 atom stereocenters. The zero-order valence-electron chi connectivity index (χ0n) is 17.3. The first-order valence-electron chi connectivity index (χ1n) is 10.1. The number of rotatable bonds is 8. The van der Waals surface area contributed by atoms with Crippen LogP contribution in [-0.2, 0) is 6.18 Å². The van der Waals surface area contributed by atoms with Gasteiger partial charge in [-0.25, -0.2) is 4.79 Å². The molecule has 7 heteroatoms. The summed E-state index contributed by atoms with van der Waals surface area (Å²) in [5, 5.41) is 0. The number of hydrogen-bond donors (Lipinski definition) is 0. The smallest absolute Gasteiger partial charge is 0.410 e. The van der Waals surface area contributed by atoms with Crippen LogP contribution < -0.4 is 4.74 Å². The molecule has 0 saturated heterocycles. The van der Waals surface area contributed by atoms with Gasteiger partial charge in [0.25, 0.3) is 0 Å². The average Bonchev–Trinajstić information content (AvgIpc) is 2.67. The van der Waals surface area contributed by atoms with Crippen LogP contribution in [0.1, 0.15) is 37.7 Å². The van der Waals surface area contributed by atoms with E-state index in [1.165, 1.54) is 29.9 Å². The quantitative estimate of drug-likeness (QED) is 0.532. The summed E-state index contributed by atoms with van der Waals surface area (Å²) in [6, 6.07) is 4.15. The molecule has 162 valence electrons. The lowest BCUT2D eigenvalue weighted by atomic mass is 9.80. The normalized spacial score (nSPS) is 19.8. The number of likely N-dealkylation sites (N-methyl/N-ethyl adjacent to an activating group) is 1. The van der Waals surface area contributed by atoms with E-state index in [1.54, 1.807) is 7.05 Å². The Morgan fingerprint density at radius 1 is 1.14 bits per heavy atom. The van der Waals surface area contributed by atoms with Crippen LogP contribution in [0.3, 0.4) is 0 Å². The van der Waals surface area contributed by atoms with E-state index in [1.807, 2.05) is 6.08 Å². The van der Waals surface area contributed by atoms with Gasteiger partial charge in [0.1, 0.15) is 5.75 Å². The topological polar surface area (TPSA) is 32.8 Å². The third-order valence-electron chi connectivity index (χ3n) is 5.55. The van der Waals surface area contributed by atoms with E-state index in [-0.39, 0.29) is 5.75 Å². The van der Waals surface area contributed by atoms with Crippen molar-refractivity contribution < 1.29 is 22.7 Å². The molecule has 1 aromatic rings. The van der Waals surface area contributed by atoms with Gasteiger partial charge in [-0.1, -0.05) is 18.9 Å². The average molecular weight is 412 g/mol. The van der Waals surface area contributed by atoms with Gasteiger partial charge >= 0.3 is 12.3 Å². The molecule has 29 heavy (non-hydrogen) atoms. The number of carbonyl (C=O) groups excluding carboxylic acids is 1. The van der Waals surface area contributed by atoms with E-state index in [0.717, 1.165) is 50.4 Å². The van der Waals surface area contributed by atoms with E-state index in [4.69, 9.17) is 4.74 Å². The van der Waals surface area contributed by atoms with Crippen LogP contribution in [0.15, 0.2) is 36.9 Å². The van der Waals surface area contributed by atoms with Gasteiger partial charge in [-0.15, -0.1) is 6.58 Å². The molecule has 0 aliphatic heterocycles. The molecule has 0 heterocycles. The number of halogens is 3. The molecule has 1 aliphatic carbocycles. The predicted molar refractivity (Wildman–Crippen MR) is 108 cm³/mol. The van der Waals surface area contributed by atoms with Crippen molar-refractivity contribution in [2.45, 2.75) is 38.3 Å². The highest BCUT2D eigenvalue weighted by Gasteiger charge is 2.30. The number of benzene rings is 1. The lowest BCUT2D eigenvalue weighted by Gasteiger charge is -2.31. The second-order valence-electron chi connectivity index (χ2n) is 8.00. The summed E-state index contributed by atoms with van der Waals surface area (Å²) >= 11 is 0. The van der Waals surface area contributed by atoms with Gasteiger partial charge < -0.3 is 14.5 Å². The Labute approximate surface area is 171 Å². The molecule has 0 bridgehead atoms. The molecule has 1 fully saturated rings. The zero-order valence-corrected chi connectivity index (χ0v) is 17.3. The van der Waals surface area contributed by atoms with Crippen molar-refractivity contribution in [2.75, 3.05) is 33.7 Å². The summed E-state index contributed by atoms with van der Waals surface area (Å²) in [4.78, 5) is 16.0. The highest BCUT2D eigenvalue weighted by atomic mass is 19.4. The Hall–Kier alpha value is -2.02. The Morgan fingerprint density at radius 3 is 2.28 bits per heavy atom. The van der Waals surface area contributed by atoms with Crippen LogP contribution in [0.5, 0.6) is 5.75 Å². The molecule has 0 N–H and O–H groups in total. The fourth-order valence-electron chi connectivity index (χ4n) is 3.80. The van der Waals surface area contributed by atoms with E-state index in [2.05, 4.69) is 18.5 Å². The lowest BCUT2D eigenvalue weighted by Crippen LogP contribution is -2.33. The Balaban J connectivity index is 1.70. The molecular formula is C22H31F3N2O2. The molecule has 4 nitrogen and oxygen atoms in total. The number of amides is 1. The molecule has 0 radical (unpaired) electrons. The van der Waals surface area contributed by atoms with Crippen molar-refractivity contribution in [1.29, 1.82) is 0 Å². The van der Waals surface area contributed by atoms with Crippen LogP contribution in [0.4, 0.5) is 18.0 Å². The highest BCUT2D eigenvalue weighted by Crippen LogP contribution is 2.32. The van der Waals surface area contributed by atoms with Crippen molar-refractivity contribution in [3.05, 3.63) is 42.5 Å². The molecular weight excluding hydrogens is 381 g/mol. The summed E-state index contributed by atoms with van der Waals surface area (Å²) in [6.45, 7) is 6.35. The van der Waals surface area contributed by atoms with Gasteiger partial charge in [0.15, 0.2) is 0 Å². The molecule has 1 amide bonds. The third-order valence-corrected chi connectivity index (χ3v) is 5.55. The number of alkyl halides is 3. The third kappa shape index (κ3) is 7.72. The van der Waals surface area contributed by atoms with Gasteiger partial charge in [-0.2, -0.15) is 13.2 Å². The number of hydrogen-bond acceptors (Lipinski definition) is 3. The Morgan fingerprint density at radius 2 is 1.72 bits per heavy atom. The summed E-state index contributed by atoms with van der Waals surface area (Å²) in [5.41, 5.74) is -0.767. The Kier molecular flexibility index (Phi) is 8.56. The first kappa shape index (κ1) is 23.3. The summed E-state index contributed by atoms with van der Waals surface area (Å²) in [7, 11) is 3.77. The maximum absolute atomic E-state index is 12.6. The first-order chi connectivity index (χ1) is 13.7. The number of nitrogens with zero attached hydrogens (tertiary/aromatic N) is 2.